The normalized spacial score (nSPS) is 24.3. The van der Waals surface area contributed by atoms with E-state index in [1.807, 2.05) is 13.8 Å². The largest absolute Gasteiger partial charge is 0.339 e. The van der Waals surface area contributed by atoms with Crippen LogP contribution in [0, 0.1) is 11.8 Å². The summed E-state index contributed by atoms with van der Waals surface area (Å²) < 4.78 is -1.52. The van der Waals surface area contributed by atoms with E-state index in [1.165, 1.54) is 11.0 Å². The van der Waals surface area contributed by atoms with E-state index in [2.05, 4.69) is 5.32 Å². The van der Waals surface area contributed by atoms with Crippen LogP contribution in [0.1, 0.15) is 27.2 Å². The van der Waals surface area contributed by atoms with Gasteiger partial charge in [-0.15, -0.1) is 0 Å². The minimum absolute atomic E-state index is 0.152. The van der Waals surface area contributed by atoms with Crippen LogP contribution in [0.3, 0.4) is 0 Å². The molecule has 0 radical (unpaired) electrons. The lowest BCUT2D eigenvalue weighted by molar-refractivity contribution is -0.139. The van der Waals surface area contributed by atoms with Gasteiger partial charge in [-0.1, -0.05) is 55.6 Å². The van der Waals surface area contributed by atoms with Crippen molar-refractivity contribution in [2.24, 2.45) is 11.8 Å². The van der Waals surface area contributed by atoms with Crippen molar-refractivity contribution in [1.82, 2.24) is 10.2 Å². The van der Waals surface area contributed by atoms with Crippen LogP contribution >= 0.6 is 34.8 Å². The predicted molar refractivity (Wildman–Crippen MR) is 81.7 cm³/mol. The molecule has 7 heteroatoms. The van der Waals surface area contributed by atoms with Crippen molar-refractivity contribution in [1.29, 1.82) is 0 Å². The zero-order valence-electron chi connectivity index (χ0n) is 11.9. The number of amides is 2. The summed E-state index contributed by atoms with van der Waals surface area (Å²) in [5, 5.41) is 2.71. The Balaban J connectivity index is 2.95. The summed E-state index contributed by atoms with van der Waals surface area (Å²) in [6.07, 6.45) is 2.11. The van der Waals surface area contributed by atoms with Crippen LogP contribution in [0.15, 0.2) is 11.8 Å². The molecule has 1 fully saturated rings. The fourth-order valence-corrected chi connectivity index (χ4v) is 2.14. The van der Waals surface area contributed by atoms with E-state index in [4.69, 9.17) is 34.8 Å². The standard InChI is InChI=1S/C13H19Cl3N2O2/c1-7(2)5-9-12(20)18(4)10(11(19)17-9)6-8(3)13(14,15)16/h6-9H,5H2,1-4H3,(H,17,19)/b10-6+/t8-,9?/m0/s1. The van der Waals surface area contributed by atoms with Gasteiger partial charge in [0.25, 0.3) is 5.91 Å². The number of carbonyl (C=O) groups excluding carboxylic acids is 2. The summed E-state index contributed by atoms with van der Waals surface area (Å²) in [6.45, 7) is 5.66. The van der Waals surface area contributed by atoms with E-state index in [0.717, 1.165) is 0 Å². The van der Waals surface area contributed by atoms with E-state index in [-0.39, 0.29) is 17.5 Å². The monoisotopic (exact) mass is 340 g/mol. The maximum absolute atomic E-state index is 12.2. The summed E-state index contributed by atoms with van der Waals surface area (Å²) in [5.41, 5.74) is 0.217. The van der Waals surface area contributed by atoms with Crippen molar-refractivity contribution in [3.05, 3.63) is 11.8 Å². The molecule has 1 aliphatic rings. The maximum Gasteiger partial charge on any atom is 0.268 e. The summed E-state index contributed by atoms with van der Waals surface area (Å²) in [5.74, 6) is -0.659. The highest BCUT2D eigenvalue weighted by atomic mass is 35.6. The van der Waals surface area contributed by atoms with Crippen molar-refractivity contribution in [2.45, 2.75) is 37.0 Å². The minimum atomic E-state index is -1.52. The van der Waals surface area contributed by atoms with Crippen molar-refractivity contribution in [3.63, 3.8) is 0 Å². The lowest BCUT2D eigenvalue weighted by Gasteiger charge is -2.33. The summed E-state index contributed by atoms with van der Waals surface area (Å²) in [4.78, 5) is 25.7. The molecule has 1 N–H and O–H groups in total. The van der Waals surface area contributed by atoms with Gasteiger partial charge in [0.15, 0.2) is 3.79 Å². The number of halogens is 3. The third kappa shape index (κ3) is 4.27. The molecule has 1 unspecified atom stereocenters. The zero-order valence-corrected chi connectivity index (χ0v) is 14.2. The Hall–Kier alpha value is -0.450. The van der Waals surface area contributed by atoms with E-state index in [1.54, 1.807) is 14.0 Å². The number of carbonyl (C=O) groups is 2. The Labute approximate surface area is 134 Å². The van der Waals surface area contributed by atoms with Gasteiger partial charge in [-0.2, -0.15) is 0 Å². The molecular weight excluding hydrogens is 323 g/mol. The van der Waals surface area contributed by atoms with Gasteiger partial charge < -0.3 is 10.2 Å². The minimum Gasteiger partial charge on any atom is -0.339 e. The molecule has 4 nitrogen and oxygen atoms in total. The SMILES string of the molecule is CC(C)CC1NC(=O)/C(=C\[C@H](C)C(Cl)(Cl)Cl)N(C)C1=O. The van der Waals surface area contributed by atoms with E-state index >= 15 is 0 Å². The molecule has 114 valence electrons. The highest BCUT2D eigenvalue weighted by Gasteiger charge is 2.36. The van der Waals surface area contributed by atoms with Crippen molar-refractivity contribution in [3.8, 4) is 0 Å². The van der Waals surface area contributed by atoms with Crippen LogP contribution in [0.25, 0.3) is 0 Å². The predicted octanol–water partition coefficient (Wildman–Crippen LogP) is 2.88. The molecule has 0 spiro atoms. The van der Waals surface area contributed by atoms with Gasteiger partial charge in [0.05, 0.1) is 0 Å². The third-order valence-corrected chi connectivity index (χ3v) is 4.19. The molecule has 0 aromatic heterocycles. The van der Waals surface area contributed by atoms with Gasteiger partial charge in [0.1, 0.15) is 11.7 Å². The third-order valence-electron chi connectivity index (χ3n) is 3.16. The Morgan fingerprint density at radius 3 is 2.30 bits per heavy atom. The van der Waals surface area contributed by atoms with Gasteiger partial charge in [-0.3, -0.25) is 9.59 Å². The number of nitrogens with one attached hydrogen (secondary N) is 1. The molecule has 2 amide bonds. The maximum atomic E-state index is 12.2. The van der Waals surface area contributed by atoms with Gasteiger partial charge in [-0.05, 0) is 18.4 Å². The summed E-state index contributed by atoms with van der Waals surface area (Å²) in [7, 11) is 1.56. The molecule has 0 bridgehead atoms. The van der Waals surface area contributed by atoms with Crippen molar-refractivity contribution < 1.29 is 9.59 Å². The van der Waals surface area contributed by atoms with E-state index < -0.39 is 15.8 Å². The lowest BCUT2D eigenvalue weighted by Crippen LogP contribution is -2.55. The molecule has 20 heavy (non-hydrogen) atoms. The molecule has 1 rings (SSSR count). The quantitative estimate of drug-likeness (QED) is 0.634. The number of hydrogen-bond donors (Lipinski definition) is 1. The number of rotatable bonds is 3. The highest BCUT2D eigenvalue weighted by Crippen LogP contribution is 2.36. The Morgan fingerprint density at radius 1 is 1.30 bits per heavy atom. The smallest absolute Gasteiger partial charge is 0.268 e. The number of likely N-dealkylation sites (N-methyl/N-ethyl adjacent to an activating group) is 1. The van der Waals surface area contributed by atoms with Gasteiger partial charge in [0, 0.05) is 13.0 Å². The molecule has 1 aliphatic heterocycles. The number of hydrogen-bond acceptors (Lipinski definition) is 2. The first-order valence-electron chi connectivity index (χ1n) is 6.41. The number of piperazine rings is 1. The molecular formula is C13H19Cl3N2O2. The van der Waals surface area contributed by atoms with Crippen LogP contribution < -0.4 is 5.32 Å². The van der Waals surface area contributed by atoms with Crippen LogP contribution in [0.2, 0.25) is 0 Å². The van der Waals surface area contributed by atoms with E-state index in [0.29, 0.717) is 12.3 Å². The zero-order chi connectivity index (χ0) is 15.7. The molecule has 2 atom stereocenters. The highest BCUT2D eigenvalue weighted by molar-refractivity contribution is 6.67. The fourth-order valence-electron chi connectivity index (χ4n) is 1.95. The average molecular weight is 342 g/mol. The number of nitrogens with zero attached hydrogens (tertiary/aromatic N) is 1. The number of allylic oxidation sites excluding steroid dienone is 1. The molecule has 0 aromatic carbocycles. The first kappa shape index (κ1) is 17.6. The van der Waals surface area contributed by atoms with Crippen molar-refractivity contribution in [2.75, 3.05) is 7.05 Å². The van der Waals surface area contributed by atoms with Crippen LogP contribution in [0.5, 0.6) is 0 Å². The molecule has 0 aliphatic carbocycles. The van der Waals surface area contributed by atoms with Gasteiger partial charge >= 0.3 is 0 Å². The van der Waals surface area contributed by atoms with Crippen molar-refractivity contribution >= 4 is 46.6 Å². The van der Waals surface area contributed by atoms with Crippen LogP contribution in [0.4, 0.5) is 0 Å². The van der Waals surface area contributed by atoms with Crippen LogP contribution in [-0.4, -0.2) is 33.6 Å². The van der Waals surface area contributed by atoms with Crippen LogP contribution in [-0.2, 0) is 9.59 Å². The topological polar surface area (TPSA) is 49.4 Å². The molecule has 0 saturated carbocycles. The second-order valence-electron chi connectivity index (χ2n) is 5.44. The Kier molecular flexibility index (Phi) is 5.76. The summed E-state index contributed by atoms with van der Waals surface area (Å²) >= 11 is 17.3. The van der Waals surface area contributed by atoms with E-state index in [9.17, 15) is 9.59 Å². The fraction of sp³-hybridized carbons (Fsp3) is 0.692. The second kappa shape index (κ2) is 6.54. The summed E-state index contributed by atoms with van der Waals surface area (Å²) in [6, 6.07) is -0.493. The first-order chi connectivity index (χ1) is 9.04. The number of alkyl halides is 3. The second-order valence-corrected chi connectivity index (χ2v) is 7.80. The first-order valence-corrected chi connectivity index (χ1v) is 7.54. The molecule has 1 heterocycles. The Bertz CT molecular complexity index is 430. The average Bonchev–Trinajstić information content (AvgIpc) is 2.29. The Morgan fingerprint density at radius 2 is 1.85 bits per heavy atom. The molecule has 0 aromatic rings. The lowest BCUT2D eigenvalue weighted by atomic mass is 9.99. The van der Waals surface area contributed by atoms with Gasteiger partial charge in [-0.25, -0.2) is 0 Å². The van der Waals surface area contributed by atoms with Gasteiger partial charge in [0.2, 0.25) is 5.91 Å². The molecule has 1 saturated heterocycles.